The Labute approximate surface area is 110 Å². The van der Waals surface area contributed by atoms with Crippen molar-refractivity contribution in [2.75, 3.05) is 21.3 Å². The van der Waals surface area contributed by atoms with Gasteiger partial charge in [0, 0.05) is 4.91 Å². The van der Waals surface area contributed by atoms with E-state index in [-0.39, 0.29) is 5.70 Å². The van der Waals surface area contributed by atoms with Crippen molar-refractivity contribution < 1.29 is 19.0 Å². The molecule has 0 atom stereocenters. The first-order valence-electron chi connectivity index (χ1n) is 5.23. The minimum absolute atomic E-state index is 0.141. The second kappa shape index (κ2) is 6.93. The molecule has 0 fully saturated rings. The van der Waals surface area contributed by atoms with Crippen LogP contribution in [0.1, 0.15) is 5.56 Å². The lowest BCUT2D eigenvalue weighted by atomic mass is 10.1. The highest BCUT2D eigenvalue weighted by atomic mass is 16.5. The zero-order valence-electron chi connectivity index (χ0n) is 10.8. The zero-order chi connectivity index (χ0) is 14.3. The Balaban J connectivity index is 3.21. The molecule has 100 valence electrons. The van der Waals surface area contributed by atoms with Crippen LogP contribution < -0.4 is 9.47 Å². The smallest absolute Gasteiger partial charge is 0.340 e. The quantitative estimate of drug-likeness (QED) is 0.268. The number of carbonyl (C=O) groups excluding carboxylic acids is 1. The highest BCUT2D eigenvalue weighted by molar-refractivity contribution is 5.93. The lowest BCUT2D eigenvalue weighted by Crippen LogP contribution is -2.02. The Morgan fingerprint density at radius 3 is 2.47 bits per heavy atom. The van der Waals surface area contributed by atoms with Crippen molar-refractivity contribution in [2.45, 2.75) is 0 Å². The molecule has 0 saturated heterocycles. The molecular weight excluding hydrogens is 250 g/mol. The van der Waals surface area contributed by atoms with Gasteiger partial charge in [-0.2, -0.15) is 0 Å². The van der Waals surface area contributed by atoms with Gasteiger partial charge in [0.2, 0.25) is 0 Å². The average Bonchev–Trinajstić information content (AvgIpc) is 2.45. The van der Waals surface area contributed by atoms with E-state index in [0.29, 0.717) is 17.1 Å². The molecule has 0 bridgehead atoms. The van der Waals surface area contributed by atoms with Crippen molar-refractivity contribution in [3.05, 3.63) is 39.9 Å². The lowest BCUT2D eigenvalue weighted by Gasteiger charge is -2.08. The van der Waals surface area contributed by atoms with E-state index in [9.17, 15) is 4.79 Å². The number of benzene rings is 1. The van der Waals surface area contributed by atoms with E-state index in [0.717, 1.165) is 0 Å². The van der Waals surface area contributed by atoms with E-state index in [1.54, 1.807) is 18.2 Å². The average molecular weight is 263 g/mol. The van der Waals surface area contributed by atoms with Crippen LogP contribution in [0.2, 0.25) is 0 Å². The fourth-order valence-corrected chi connectivity index (χ4v) is 1.38. The third kappa shape index (κ3) is 3.65. The molecule has 7 nitrogen and oxygen atoms in total. The van der Waals surface area contributed by atoms with Crippen molar-refractivity contribution in [1.82, 2.24) is 0 Å². The highest BCUT2D eigenvalue weighted by Crippen LogP contribution is 2.28. The first-order valence-corrected chi connectivity index (χ1v) is 5.23. The molecule has 1 rings (SSSR count). The molecule has 1 aromatic carbocycles. The maximum Gasteiger partial charge on any atom is 0.340 e. The van der Waals surface area contributed by atoms with E-state index < -0.39 is 5.97 Å². The Morgan fingerprint density at radius 1 is 1.26 bits per heavy atom. The van der Waals surface area contributed by atoms with Gasteiger partial charge in [-0.1, -0.05) is 11.2 Å². The van der Waals surface area contributed by atoms with Crippen LogP contribution in [-0.4, -0.2) is 27.3 Å². The summed E-state index contributed by atoms with van der Waals surface area (Å²) in [7, 11) is 4.23. The number of ether oxygens (including phenoxy) is 3. The van der Waals surface area contributed by atoms with E-state index in [4.69, 9.17) is 15.0 Å². The Morgan fingerprint density at radius 2 is 1.95 bits per heavy atom. The van der Waals surface area contributed by atoms with Gasteiger partial charge >= 0.3 is 5.97 Å². The minimum atomic E-state index is -0.715. The Kier molecular flexibility index (Phi) is 5.25. The standard InChI is InChI=1S/C12H13N3O4/c1-17-10-5-4-8(7-11(10)18-2)6-9(14-15-13)12(16)19-3/h4-7H,1-3H3. The van der Waals surface area contributed by atoms with Gasteiger partial charge in [-0.25, -0.2) is 4.79 Å². The molecule has 19 heavy (non-hydrogen) atoms. The van der Waals surface area contributed by atoms with Crippen LogP contribution in [0.5, 0.6) is 11.5 Å². The monoisotopic (exact) mass is 263 g/mol. The molecule has 0 aliphatic rings. The van der Waals surface area contributed by atoms with Gasteiger partial charge in [0.25, 0.3) is 0 Å². The number of esters is 1. The fraction of sp³-hybridized carbons (Fsp3) is 0.250. The van der Waals surface area contributed by atoms with Crippen molar-refractivity contribution in [1.29, 1.82) is 0 Å². The summed E-state index contributed by atoms with van der Waals surface area (Å²) in [6.07, 6.45) is 1.40. The maximum absolute atomic E-state index is 11.4. The summed E-state index contributed by atoms with van der Waals surface area (Å²) in [5, 5.41) is 3.28. The van der Waals surface area contributed by atoms with Crippen LogP contribution in [0.4, 0.5) is 0 Å². The molecule has 0 aliphatic carbocycles. The minimum Gasteiger partial charge on any atom is -0.493 e. The lowest BCUT2D eigenvalue weighted by molar-refractivity contribution is -0.136. The normalized spacial score (nSPS) is 10.4. The van der Waals surface area contributed by atoms with E-state index in [1.807, 2.05) is 0 Å². The number of methoxy groups -OCH3 is 3. The van der Waals surface area contributed by atoms with E-state index in [1.165, 1.54) is 27.4 Å². The molecule has 0 radical (unpaired) electrons. The van der Waals surface area contributed by atoms with Crippen LogP contribution in [0.15, 0.2) is 29.0 Å². The van der Waals surface area contributed by atoms with E-state index in [2.05, 4.69) is 14.8 Å². The van der Waals surface area contributed by atoms with Gasteiger partial charge in [0.05, 0.1) is 21.3 Å². The maximum atomic E-state index is 11.4. The molecule has 0 saturated carbocycles. The van der Waals surface area contributed by atoms with Gasteiger partial charge in [0.15, 0.2) is 11.5 Å². The number of azide groups is 1. The molecule has 0 N–H and O–H groups in total. The molecule has 0 unspecified atom stereocenters. The summed E-state index contributed by atoms with van der Waals surface area (Å²) in [5.74, 6) is 0.344. The summed E-state index contributed by atoms with van der Waals surface area (Å²) in [4.78, 5) is 14.0. The predicted molar refractivity (Wildman–Crippen MR) is 68.7 cm³/mol. The SMILES string of the molecule is COC(=O)C(=Cc1ccc(OC)c(OC)c1)N=[N+]=[N-]. The van der Waals surface area contributed by atoms with E-state index >= 15 is 0 Å². The summed E-state index contributed by atoms with van der Waals surface area (Å²) >= 11 is 0. The van der Waals surface area contributed by atoms with Crippen LogP contribution in [0, 0.1) is 0 Å². The summed E-state index contributed by atoms with van der Waals surface area (Å²) in [6.45, 7) is 0. The topological polar surface area (TPSA) is 93.5 Å². The summed E-state index contributed by atoms with van der Waals surface area (Å²) in [5.41, 5.74) is 8.88. The first-order chi connectivity index (χ1) is 9.15. The van der Waals surface area contributed by atoms with Crippen LogP contribution in [-0.2, 0) is 9.53 Å². The number of hydrogen-bond donors (Lipinski definition) is 0. The van der Waals surface area contributed by atoms with Gasteiger partial charge in [-0.3, -0.25) is 0 Å². The Bertz CT molecular complexity index is 548. The molecule has 0 aliphatic heterocycles. The van der Waals surface area contributed by atoms with Crippen LogP contribution in [0.25, 0.3) is 16.5 Å². The first kappa shape index (κ1) is 14.4. The molecule has 0 spiro atoms. The van der Waals surface area contributed by atoms with Gasteiger partial charge in [0.1, 0.15) is 5.70 Å². The molecule has 0 heterocycles. The zero-order valence-corrected chi connectivity index (χ0v) is 10.8. The Hall–Kier alpha value is -2.66. The molecule has 0 amide bonds. The molecule has 1 aromatic rings. The fourth-order valence-electron chi connectivity index (χ4n) is 1.38. The van der Waals surface area contributed by atoms with Crippen molar-refractivity contribution >= 4 is 12.0 Å². The largest absolute Gasteiger partial charge is 0.493 e. The number of hydrogen-bond acceptors (Lipinski definition) is 5. The molecule has 7 heteroatoms. The summed E-state index contributed by atoms with van der Waals surface area (Å²) in [6, 6.07) is 5.02. The molecular formula is C12H13N3O4. The summed E-state index contributed by atoms with van der Waals surface area (Å²) < 4.78 is 14.7. The van der Waals surface area contributed by atoms with Crippen molar-refractivity contribution in [2.24, 2.45) is 5.11 Å². The number of nitrogens with zero attached hydrogens (tertiary/aromatic N) is 3. The highest BCUT2D eigenvalue weighted by Gasteiger charge is 2.09. The van der Waals surface area contributed by atoms with Gasteiger partial charge in [-0.15, -0.1) is 0 Å². The number of rotatable bonds is 5. The second-order valence-corrected chi connectivity index (χ2v) is 3.33. The number of carbonyl (C=O) groups is 1. The van der Waals surface area contributed by atoms with Crippen LogP contribution >= 0.6 is 0 Å². The van der Waals surface area contributed by atoms with Gasteiger partial charge in [-0.05, 0) is 29.3 Å². The van der Waals surface area contributed by atoms with Crippen molar-refractivity contribution in [3.8, 4) is 11.5 Å². The molecule has 0 aromatic heterocycles. The second-order valence-electron chi connectivity index (χ2n) is 3.33. The third-order valence-corrected chi connectivity index (χ3v) is 2.26. The van der Waals surface area contributed by atoms with Crippen LogP contribution in [0.3, 0.4) is 0 Å². The van der Waals surface area contributed by atoms with Gasteiger partial charge < -0.3 is 14.2 Å². The van der Waals surface area contributed by atoms with Crippen molar-refractivity contribution in [3.63, 3.8) is 0 Å². The third-order valence-electron chi connectivity index (χ3n) is 2.26. The predicted octanol–water partition coefficient (Wildman–Crippen LogP) is 2.53.